The lowest BCUT2D eigenvalue weighted by Gasteiger charge is -2.15. The lowest BCUT2D eigenvalue weighted by atomic mass is 9.98. The molecule has 0 saturated carbocycles. The van der Waals surface area contributed by atoms with Crippen molar-refractivity contribution in [2.75, 3.05) is 5.32 Å². The molecule has 3 nitrogen and oxygen atoms in total. The Hall–Kier alpha value is -6.06. The summed E-state index contributed by atoms with van der Waals surface area (Å²) in [5.74, 6) is 0. The summed E-state index contributed by atoms with van der Waals surface area (Å²) >= 11 is 0. The van der Waals surface area contributed by atoms with E-state index in [2.05, 4.69) is 184 Å². The third-order valence-corrected chi connectivity index (χ3v) is 8.89. The highest BCUT2D eigenvalue weighted by molar-refractivity contribution is 6.29. The Balaban J connectivity index is 1.49. The van der Waals surface area contributed by atoms with E-state index < -0.39 is 0 Å². The van der Waals surface area contributed by atoms with Gasteiger partial charge in [-0.25, -0.2) is 0 Å². The average Bonchev–Trinajstić information content (AvgIpc) is 3.63. The predicted octanol–water partition coefficient (Wildman–Crippen LogP) is 11.3. The number of hydrogen-bond acceptors (Lipinski definition) is 1. The first kappa shape index (κ1) is 25.4. The van der Waals surface area contributed by atoms with E-state index >= 15 is 0 Å². The fourth-order valence-corrected chi connectivity index (χ4v) is 7.00. The van der Waals surface area contributed by atoms with Crippen LogP contribution < -0.4 is 5.32 Å². The lowest BCUT2D eigenvalue weighted by molar-refractivity contribution is 1.17. The standard InChI is InChI=1S/C42H29N3/c1-5-15-29(16-6-1)33-25-27-37-39(41(33)43-30-17-7-2-8-18-30)35-26-28-38-40(42(35)45(37)32-21-11-4-12-22-32)34-23-13-14-24-36(34)44(38)31-19-9-3-10-20-31/h1-28,43H. The second kappa shape index (κ2) is 10.3. The molecule has 0 radical (unpaired) electrons. The first-order valence-electron chi connectivity index (χ1n) is 15.4. The number of anilines is 2. The van der Waals surface area contributed by atoms with Crippen molar-refractivity contribution in [3.05, 3.63) is 170 Å². The molecular formula is C42H29N3. The quantitative estimate of drug-likeness (QED) is 0.217. The van der Waals surface area contributed by atoms with Gasteiger partial charge in [0, 0.05) is 44.2 Å². The zero-order valence-electron chi connectivity index (χ0n) is 24.6. The number of nitrogens with zero attached hydrogens (tertiary/aromatic N) is 2. The van der Waals surface area contributed by atoms with Gasteiger partial charge >= 0.3 is 0 Å². The Bertz CT molecular complexity index is 2470. The Kier molecular flexibility index (Phi) is 5.82. The molecule has 0 aliphatic carbocycles. The zero-order valence-corrected chi connectivity index (χ0v) is 24.6. The van der Waals surface area contributed by atoms with Gasteiger partial charge in [-0.05, 0) is 66.2 Å². The zero-order chi connectivity index (χ0) is 29.7. The number of rotatable bonds is 5. The smallest absolute Gasteiger partial charge is 0.0642 e. The van der Waals surface area contributed by atoms with Crippen LogP contribution in [0.2, 0.25) is 0 Å². The van der Waals surface area contributed by atoms with E-state index in [1.807, 2.05) is 0 Å². The van der Waals surface area contributed by atoms with E-state index in [4.69, 9.17) is 0 Å². The molecule has 45 heavy (non-hydrogen) atoms. The summed E-state index contributed by atoms with van der Waals surface area (Å²) in [4.78, 5) is 0. The van der Waals surface area contributed by atoms with Gasteiger partial charge in [0.15, 0.2) is 0 Å². The van der Waals surface area contributed by atoms with Crippen molar-refractivity contribution in [2.24, 2.45) is 0 Å². The van der Waals surface area contributed by atoms with Gasteiger partial charge in [0.05, 0.1) is 27.8 Å². The molecule has 0 amide bonds. The van der Waals surface area contributed by atoms with E-state index in [1.54, 1.807) is 0 Å². The Labute approximate surface area is 261 Å². The SMILES string of the molecule is c1ccc(Nc2c(-c3ccccc3)ccc3c2c2ccc4c(c5ccccc5n4-c4ccccc4)c2n3-c2ccccc2)cc1. The summed E-state index contributed by atoms with van der Waals surface area (Å²) in [6.07, 6.45) is 0. The van der Waals surface area contributed by atoms with Gasteiger partial charge in [-0.15, -0.1) is 0 Å². The number of aromatic nitrogens is 2. The molecule has 0 atom stereocenters. The monoisotopic (exact) mass is 575 g/mol. The molecule has 0 aliphatic heterocycles. The molecule has 9 rings (SSSR count). The minimum absolute atomic E-state index is 1.06. The Morgan fingerprint density at radius 1 is 0.378 bits per heavy atom. The lowest BCUT2D eigenvalue weighted by Crippen LogP contribution is -1.97. The molecular weight excluding hydrogens is 546 g/mol. The van der Waals surface area contributed by atoms with Gasteiger partial charge in [0.1, 0.15) is 0 Å². The van der Waals surface area contributed by atoms with Gasteiger partial charge in [0.2, 0.25) is 0 Å². The molecule has 212 valence electrons. The highest BCUT2D eigenvalue weighted by atomic mass is 15.0. The number of hydrogen-bond donors (Lipinski definition) is 1. The second-order valence-electron chi connectivity index (χ2n) is 11.5. The van der Waals surface area contributed by atoms with E-state index in [9.17, 15) is 0 Å². The van der Waals surface area contributed by atoms with Crippen LogP contribution >= 0.6 is 0 Å². The maximum atomic E-state index is 3.87. The van der Waals surface area contributed by atoms with Gasteiger partial charge in [-0.2, -0.15) is 0 Å². The van der Waals surface area contributed by atoms with Crippen LogP contribution in [0.1, 0.15) is 0 Å². The number of nitrogens with one attached hydrogen (secondary N) is 1. The summed E-state index contributed by atoms with van der Waals surface area (Å²) in [5, 5.41) is 8.78. The Morgan fingerprint density at radius 2 is 0.933 bits per heavy atom. The molecule has 0 unspecified atom stereocenters. The van der Waals surface area contributed by atoms with Crippen LogP contribution in [0, 0.1) is 0 Å². The van der Waals surface area contributed by atoms with Crippen LogP contribution in [-0.4, -0.2) is 9.13 Å². The predicted molar refractivity (Wildman–Crippen MR) is 190 cm³/mol. The molecule has 3 heteroatoms. The molecule has 0 spiro atoms. The highest BCUT2D eigenvalue weighted by Crippen LogP contribution is 2.46. The molecule has 2 aromatic heterocycles. The van der Waals surface area contributed by atoms with Gasteiger partial charge in [-0.3, -0.25) is 0 Å². The molecule has 0 aliphatic rings. The Morgan fingerprint density at radius 3 is 1.64 bits per heavy atom. The minimum Gasteiger partial charge on any atom is -0.354 e. The molecule has 0 bridgehead atoms. The molecule has 0 saturated heterocycles. The topological polar surface area (TPSA) is 21.9 Å². The number of para-hydroxylation sites is 4. The van der Waals surface area contributed by atoms with Crippen LogP contribution in [0.3, 0.4) is 0 Å². The summed E-state index contributed by atoms with van der Waals surface area (Å²) in [5.41, 5.74) is 11.6. The van der Waals surface area contributed by atoms with Gasteiger partial charge in [-0.1, -0.05) is 109 Å². The molecule has 1 N–H and O–H groups in total. The molecule has 2 heterocycles. The van der Waals surface area contributed by atoms with Gasteiger partial charge in [0.25, 0.3) is 0 Å². The first-order chi connectivity index (χ1) is 22.4. The highest BCUT2D eigenvalue weighted by Gasteiger charge is 2.23. The summed E-state index contributed by atoms with van der Waals surface area (Å²) < 4.78 is 4.86. The van der Waals surface area contributed by atoms with E-state index in [0.717, 1.165) is 22.7 Å². The third kappa shape index (κ3) is 3.98. The van der Waals surface area contributed by atoms with E-state index in [1.165, 1.54) is 54.7 Å². The summed E-state index contributed by atoms with van der Waals surface area (Å²) in [6, 6.07) is 60.6. The van der Waals surface area contributed by atoms with Crippen LogP contribution in [0.5, 0.6) is 0 Å². The largest absolute Gasteiger partial charge is 0.354 e. The van der Waals surface area contributed by atoms with Crippen molar-refractivity contribution in [2.45, 2.75) is 0 Å². The van der Waals surface area contributed by atoms with E-state index in [0.29, 0.717) is 0 Å². The second-order valence-corrected chi connectivity index (χ2v) is 11.5. The van der Waals surface area contributed by atoms with Crippen LogP contribution in [0.15, 0.2) is 170 Å². The molecule has 7 aromatic carbocycles. The minimum atomic E-state index is 1.06. The van der Waals surface area contributed by atoms with Crippen LogP contribution in [-0.2, 0) is 0 Å². The summed E-state index contributed by atoms with van der Waals surface area (Å²) in [6.45, 7) is 0. The number of fused-ring (bicyclic) bond motifs is 7. The van der Waals surface area contributed by atoms with Crippen molar-refractivity contribution in [3.8, 4) is 22.5 Å². The number of benzene rings is 7. The molecule has 0 fully saturated rings. The maximum absolute atomic E-state index is 3.87. The van der Waals surface area contributed by atoms with Gasteiger partial charge < -0.3 is 14.5 Å². The van der Waals surface area contributed by atoms with Crippen molar-refractivity contribution in [3.63, 3.8) is 0 Å². The normalized spacial score (nSPS) is 11.6. The first-order valence-corrected chi connectivity index (χ1v) is 15.4. The van der Waals surface area contributed by atoms with Crippen LogP contribution in [0.4, 0.5) is 11.4 Å². The maximum Gasteiger partial charge on any atom is 0.0642 e. The summed E-state index contributed by atoms with van der Waals surface area (Å²) in [7, 11) is 0. The van der Waals surface area contributed by atoms with Crippen molar-refractivity contribution in [1.29, 1.82) is 0 Å². The van der Waals surface area contributed by atoms with Crippen LogP contribution in [0.25, 0.3) is 66.1 Å². The van der Waals surface area contributed by atoms with E-state index in [-0.39, 0.29) is 0 Å². The van der Waals surface area contributed by atoms with Crippen molar-refractivity contribution in [1.82, 2.24) is 9.13 Å². The van der Waals surface area contributed by atoms with Crippen molar-refractivity contribution >= 4 is 55.0 Å². The molecule has 9 aromatic rings. The third-order valence-electron chi connectivity index (χ3n) is 8.89. The average molecular weight is 576 g/mol. The van der Waals surface area contributed by atoms with Crippen molar-refractivity contribution < 1.29 is 0 Å². The fraction of sp³-hybridized carbons (Fsp3) is 0. The fourth-order valence-electron chi connectivity index (χ4n) is 7.00.